The lowest BCUT2D eigenvalue weighted by Crippen LogP contribution is -2.41. The Labute approximate surface area is 247 Å². The van der Waals surface area contributed by atoms with Crippen molar-refractivity contribution >= 4 is 21.7 Å². The molecule has 10 nitrogen and oxygen atoms in total. The van der Waals surface area contributed by atoms with Gasteiger partial charge in [-0.25, -0.2) is 19.4 Å². The van der Waals surface area contributed by atoms with Crippen molar-refractivity contribution in [2.75, 3.05) is 18.1 Å². The van der Waals surface area contributed by atoms with Crippen LogP contribution in [0.2, 0.25) is 0 Å². The second kappa shape index (κ2) is 11.0. The Morgan fingerprint density at radius 3 is 2.69 bits per heavy atom. The van der Waals surface area contributed by atoms with Crippen LogP contribution >= 0.6 is 0 Å². The molecule has 3 aromatic heterocycles. The second-order valence-electron chi connectivity index (χ2n) is 13.0. The molecule has 1 atom stereocenters. The molecule has 0 spiro atoms. The highest BCUT2D eigenvalue weighted by molar-refractivity contribution is 7.90. The number of rotatable bonds is 5. The van der Waals surface area contributed by atoms with Crippen LogP contribution in [0.15, 0.2) is 47.6 Å². The van der Waals surface area contributed by atoms with Crippen LogP contribution < -0.4 is 14.4 Å². The number of fused-ring (bicyclic) bond motifs is 6. The summed E-state index contributed by atoms with van der Waals surface area (Å²) in [7, 11) is -4.19. The molecule has 3 aliphatic rings. The first-order chi connectivity index (χ1) is 20.0. The minimum Gasteiger partial charge on any atom is -0.477 e. The fourth-order valence-corrected chi connectivity index (χ4v) is 7.12. The van der Waals surface area contributed by atoms with Gasteiger partial charge in [0.1, 0.15) is 5.82 Å². The summed E-state index contributed by atoms with van der Waals surface area (Å²) in [6.45, 7) is 7.94. The summed E-state index contributed by atoms with van der Waals surface area (Å²) in [5.74, 6) is 1.20. The number of pyridine rings is 2. The van der Waals surface area contributed by atoms with Crippen LogP contribution in [0.3, 0.4) is 0 Å². The van der Waals surface area contributed by atoms with Gasteiger partial charge in [-0.15, -0.1) is 5.10 Å². The molecule has 1 amide bonds. The summed E-state index contributed by atoms with van der Waals surface area (Å²) >= 11 is 0. The number of carbonyl (C=O) groups excluding carboxylic acids is 1. The predicted octanol–water partition coefficient (Wildman–Crippen LogP) is 5.07. The SMILES string of the molecule is CC1(CCOc2ccn(-c3ccc4c(n3)N3CC(CCCCCc5cccc(n5)S(=O)(=O)NC4=O)CC3(C)C)n2)CC1. The third-order valence-corrected chi connectivity index (χ3v) is 10.2. The van der Waals surface area contributed by atoms with Gasteiger partial charge in [0.25, 0.3) is 15.9 Å². The lowest BCUT2D eigenvalue weighted by atomic mass is 9.92. The van der Waals surface area contributed by atoms with Crippen molar-refractivity contribution in [3.63, 3.8) is 0 Å². The van der Waals surface area contributed by atoms with Gasteiger partial charge in [-0.3, -0.25) is 4.79 Å². The zero-order chi connectivity index (χ0) is 29.5. The van der Waals surface area contributed by atoms with E-state index >= 15 is 0 Å². The first-order valence-corrected chi connectivity index (χ1v) is 16.5. The summed E-state index contributed by atoms with van der Waals surface area (Å²) in [4.78, 5) is 25.1. The van der Waals surface area contributed by atoms with Crippen molar-refractivity contribution in [2.24, 2.45) is 11.3 Å². The number of carbonyl (C=O) groups is 1. The van der Waals surface area contributed by atoms with Crippen molar-refractivity contribution in [3.8, 4) is 11.7 Å². The number of sulfonamides is 1. The zero-order valence-corrected chi connectivity index (χ0v) is 25.5. The van der Waals surface area contributed by atoms with Gasteiger partial charge in [0.2, 0.25) is 5.88 Å². The summed E-state index contributed by atoms with van der Waals surface area (Å²) in [5.41, 5.74) is 1.03. The molecule has 224 valence electrons. The average molecular weight is 593 g/mol. The van der Waals surface area contributed by atoms with E-state index in [-0.39, 0.29) is 16.1 Å². The molecule has 0 aromatic carbocycles. The van der Waals surface area contributed by atoms with Gasteiger partial charge in [0.05, 0.1) is 12.2 Å². The fourth-order valence-electron chi connectivity index (χ4n) is 6.17. The maximum Gasteiger partial charge on any atom is 0.281 e. The van der Waals surface area contributed by atoms with Crippen molar-refractivity contribution in [1.29, 1.82) is 0 Å². The van der Waals surface area contributed by atoms with Crippen LogP contribution in [0.4, 0.5) is 5.82 Å². The quantitative estimate of drug-likeness (QED) is 0.436. The number of aryl methyl sites for hydroxylation is 1. The second-order valence-corrected chi connectivity index (χ2v) is 14.7. The molecule has 1 saturated carbocycles. The van der Waals surface area contributed by atoms with Gasteiger partial charge in [-0.05, 0) is 94.4 Å². The van der Waals surface area contributed by atoms with Crippen molar-refractivity contribution in [2.45, 2.75) is 89.1 Å². The minimum atomic E-state index is -4.19. The van der Waals surface area contributed by atoms with Crippen LogP contribution in [-0.2, 0) is 16.4 Å². The predicted molar refractivity (Wildman–Crippen MR) is 159 cm³/mol. The standard InChI is InChI=1S/C31H40N6O4S/c1-30(2)20-22-8-5-4-6-9-23-10-7-11-27(32-23)42(39,40)35-29(38)24-12-13-25(33-28(24)36(30)21-22)37-18-14-26(34-37)41-19-17-31(3)15-16-31/h7,10-14,18,22H,4-6,8-9,15-17,19-21H2,1-3H3,(H,35,38). The summed E-state index contributed by atoms with van der Waals surface area (Å²) < 4.78 is 36.3. The molecule has 0 radical (unpaired) electrons. The van der Waals surface area contributed by atoms with Gasteiger partial charge in [-0.1, -0.05) is 25.8 Å². The molecule has 1 saturated heterocycles. The Morgan fingerprint density at radius 2 is 1.88 bits per heavy atom. The summed E-state index contributed by atoms with van der Waals surface area (Å²) in [6, 6.07) is 10.1. The fraction of sp³-hybridized carbons (Fsp3) is 0.548. The first kappa shape index (κ1) is 28.6. The lowest BCUT2D eigenvalue weighted by Gasteiger charge is -2.34. The molecular formula is C31H40N6O4S. The highest BCUT2D eigenvalue weighted by Crippen LogP contribution is 2.48. The Kier molecular flexibility index (Phi) is 7.49. The molecule has 5 heterocycles. The third-order valence-electron chi connectivity index (χ3n) is 9.01. The van der Waals surface area contributed by atoms with E-state index in [9.17, 15) is 13.2 Å². The van der Waals surface area contributed by atoms with E-state index in [4.69, 9.17) is 9.72 Å². The maximum atomic E-state index is 13.6. The van der Waals surface area contributed by atoms with Crippen molar-refractivity contribution in [1.82, 2.24) is 24.5 Å². The van der Waals surface area contributed by atoms with Gasteiger partial charge in [-0.2, -0.15) is 8.42 Å². The van der Waals surface area contributed by atoms with Gasteiger partial charge in [0, 0.05) is 30.0 Å². The number of nitrogens with zero attached hydrogens (tertiary/aromatic N) is 5. The highest BCUT2D eigenvalue weighted by Gasteiger charge is 2.41. The molecule has 2 aliphatic heterocycles. The maximum absolute atomic E-state index is 13.6. The first-order valence-electron chi connectivity index (χ1n) is 15.0. The third kappa shape index (κ3) is 6.16. The number of aromatic nitrogens is 4. The average Bonchev–Trinajstić information content (AvgIpc) is 3.34. The van der Waals surface area contributed by atoms with Crippen LogP contribution in [-0.4, -0.2) is 52.8 Å². The molecule has 4 bridgehead atoms. The Hall–Kier alpha value is -3.47. The van der Waals surface area contributed by atoms with Gasteiger partial charge < -0.3 is 9.64 Å². The summed E-state index contributed by atoms with van der Waals surface area (Å²) in [6.07, 6.45) is 11.1. The van der Waals surface area contributed by atoms with E-state index in [1.54, 1.807) is 29.1 Å². The van der Waals surface area contributed by atoms with E-state index in [0.29, 0.717) is 47.6 Å². The van der Waals surface area contributed by atoms with Gasteiger partial charge >= 0.3 is 0 Å². The smallest absolute Gasteiger partial charge is 0.281 e. The number of ether oxygens (including phenoxy) is 1. The van der Waals surface area contributed by atoms with E-state index in [1.165, 1.54) is 18.9 Å². The van der Waals surface area contributed by atoms with E-state index < -0.39 is 15.9 Å². The molecule has 2 fully saturated rings. The topological polar surface area (TPSA) is 119 Å². The van der Waals surface area contributed by atoms with Crippen LogP contribution in [0.1, 0.15) is 88.2 Å². The van der Waals surface area contributed by atoms with Crippen LogP contribution in [0, 0.1) is 11.3 Å². The Bertz CT molecular complexity index is 1580. The van der Waals surface area contributed by atoms with E-state index in [2.05, 4.69) is 40.5 Å². The Balaban J connectivity index is 1.34. The van der Waals surface area contributed by atoms with Crippen LogP contribution in [0.25, 0.3) is 5.82 Å². The zero-order valence-electron chi connectivity index (χ0n) is 24.7. The largest absolute Gasteiger partial charge is 0.477 e. The number of amides is 1. The monoisotopic (exact) mass is 592 g/mol. The summed E-state index contributed by atoms with van der Waals surface area (Å²) in [5, 5.41) is 4.42. The van der Waals surface area contributed by atoms with Gasteiger partial charge in [0.15, 0.2) is 10.8 Å². The van der Waals surface area contributed by atoms with E-state index in [1.807, 2.05) is 12.1 Å². The minimum absolute atomic E-state index is 0.159. The molecule has 11 heteroatoms. The highest BCUT2D eigenvalue weighted by atomic mass is 32.2. The molecule has 42 heavy (non-hydrogen) atoms. The van der Waals surface area contributed by atoms with Crippen LogP contribution in [0.5, 0.6) is 5.88 Å². The molecule has 6 rings (SSSR count). The van der Waals surface area contributed by atoms with E-state index in [0.717, 1.165) is 45.1 Å². The Morgan fingerprint density at radius 1 is 1.05 bits per heavy atom. The lowest BCUT2D eigenvalue weighted by molar-refractivity contribution is 0.0981. The number of hydrogen-bond acceptors (Lipinski definition) is 8. The molecule has 1 N–H and O–H groups in total. The normalized spacial score (nSPS) is 22.7. The number of anilines is 1. The number of nitrogens with one attached hydrogen (secondary N) is 1. The number of hydrogen-bond donors (Lipinski definition) is 1. The van der Waals surface area contributed by atoms with Crippen molar-refractivity contribution in [3.05, 3.63) is 53.9 Å². The molecule has 3 aromatic rings. The molecule has 1 unspecified atom stereocenters. The molecular weight excluding hydrogens is 552 g/mol. The molecule has 1 aliphatic carbocycles. The van der Waals surface area contributed by atoms with Crippen molar-refractivity contribution < 1.29 is 17.9 Å².